The molecule has 0 bridgehead atoms. The van der Waals surface area contributed by atoms with E-state index in [9.17, 15) is 10.1 Å². The Hall–Kier alpha value is -1.89. The number of ether oxygens (including phenoxy) is 1. The van der Waals surface area contributed by atoms with Crippen LogP contribution in [0.5, 0.6) is 0 Å². The van der Waals surface area contributed by atoms with Crippen molar-refractivity contribution >= 4 is 17.3 Å². The smallest absolute Gasteiger partial charge is 0.276 e. The van der Waals surface area contributed by atoms with Crippen LogP contribution >= 0.6 is 0 Å². The number of nitrogens with two attached hydrogens (primary N) is 1. The van der Waals surface area contributed by atoms with Gasteiger partial charge in [-0.1, -0.05) is 13.8 Å². The number of anilines is 2. The van der Waals surface area contributed by atoms with Gasteiger partial charge < -0.3 is 15.4 Å². The summed E-state index contributed by atoms with van der Waals surface area (Å²) in [5.74, 6) is 1.06. The summed E-state index contributed by atoms with van der Waals surface area (Å²) >= 11 is 0. The quantitative estimate of drug-likeness (QED) is 0.597. The Morgan fingerprint density at radius 2 is 2.21 bits per heavy atom. The number of aromatic nitrogens is 1. The van der Waals surface area contributed by atoms with E-state index >= 15 is 0 Å². The van der Waals surface area contributed by atoms with Crippen LogP contribution in [-0.2, 0) is 4.74 Å². The number of pyridine rings is 1. The lowest BCUT2D eigenvalue weighted by molar-refractivity contribution is -0.384. The fourth-order valence-corrected chi connectivity index (χ4v) is 1.73. The normalized spacial score (nSPS) is 10.7. The van der Waals surface area contributed by atoms with Gasteiger partial charge in [0.25, 0.3) is 5.69 Å². The first-order valence-corrected chi connectivity index (χ1v) is 6.10. The number of hydrogen-bond acceptors (Lipinski definition) is 6. The Bertz CT molecular complexity index is 437. The number of hydrogen-bond donors (Lipinski definition) is 1. The Morgan fingerprint density at radius 1 is 1.53 bits per heavy atom. The van der Waals surface area contributed by atoms with Crippen LogP contribution < -0.4 is 10.6 Å². The van der Waals surface area contributed by atoms with Gasteiger partial charge in [-0.3, -0.25) is 10.1 Å². The maximum absolute atomic E-state index is 10.8. The molecule has 1 heterocycles. The molecule has 0 aliphatic heterocycles. The van der Waals surface area contributed by atoms with Crippen LogP contribution in [0.3, 0.4) is 0 Å². The van der Waals surface area contributed by atoms with Gasteiger partial charge in [-0.05, 0) is 5.92 Å². The maximum atomic E-state index is 10.8. The Kier molecular flexibility index (Phi) is 5.50. The third kappa shape index (κ3) is 4.70. The van der Waals surface area contributed by atoms with Crippen LogP contribution in [0, 0.1) is 16.0 Å². The van der Waals surface area contributed by atoms with Crippen LogP contribution in [0.4, 0.5) is 17.3 Å². The first-order valence-electron chi connectivity index (χ1n) is 6.10. The molecule has 0 saturated carbocycles. The van der Waals surface area contributed by atoms with Gasteiger partial charge in [-0.15, -0.1) is 0 Å². The van der Waals surface area contributed by atoms with E-state index in [2.05, 4.69) is 18.8 Å². The predicted octanol–water partition coefficient (Wildman–Crippen LogP) is 1.68. The minimum Gasteiger partial charge on any atom is -0.383 e. The molecule has 0 spiro atoms. The fraction of sp³-hybridized carbons (Fsp3) is 0.583. The molecule has 1 aromatic rings. The first kappa shape index (κ1) is 15.2. The minimum atomic E-state index is -0.467. The van der Waals surface area contributed by atoms with Gasteiger partial charge in [0.1, 0.15) is 11.6 Å². The lowest BCUT2D eigenvalue weighted by Crippen LogP contribution is -2.31. The summed E-state index contributed by atoms with van der Waals surface area (Å²) in [5, 5.41) is 10.8. The molecule has 2 N–H and O–H groups in total. The van der Waals surface area contributed by atoms with E-state index in [0.29, 0.717) is 24.9 Å². The third-order valence-electron chi connectivity index (χ3n) is 2.50. The van der Waals surface area contributed by atoms with E-state index in [-0.39, 0.29) is 11.5 Å². The Morgan fingerprint density at radius 3 is 2.74 bits per heavy atom. The molecular formula is C12H20N4O3. The summed E-state index contributed by atoms with van der Waals surface area (Å²) in [6, 6.07) is 2.70. The number of nitro groups is 1. The van der Waals surface area contributed by atoms with Crippen molar-refractivity contribution < 1.29 is 9.66 Å². The van der Waals surface area contributed by atoms with Gasteiger partial charge in [0.15, 0.2) is 0 Å². The van der Waals surface area contributed by atoms with Gasteiger partial charge in [0, 0.05) is 20.2 Å². The summed E-state index contributed by atoms with van der Waals surface area (Å²) in [4.78, 5) is 16.5. The zero-order chi connectivity index (χ0) is 14.4. The van der Waals surface area contributed by atoms with Crippen molar-refractivity contribution in [1.82, 2.24) is 4.98 Å². The molecule has 0 aliphatic carbocycles. The van der Waals surface area contributed by atoms with Crippen LogP contribution in [0.1, 0.15) is 13.8 Å². The second-order valence-corrected chi connectivity index (χ2v) is 4.70. The van der Waals surface area contributed by atoms with Gasteiger partial charge >= 0.3 is 0 Å². The molecule has 0 atom stereocenters. The molecule has 0 amide bonds. The summed E-state index contributed by atoms with van der Waals surface area (Å²) in [6.07, 6.45) is 0. The minimum absolute atomic E-state index is 0.0475. The van der Waals surface area contributed by atoms with Crippen molar-refractivity contribution in [3.63, 3.8) is 0 Å². The van der Waals surface area contributed by atoms with Crippen molar-refractivity contribution in [2.24, 2.45) is 5.92 Å². The van der Waals surface area contributed by atoms with Crippen LogP contribution in [-0.4, -0.2) is 36.7 Å². The molecule has 0 unspecified atom stereocenters. The summed E-state index contributed by atoms with van der Waals surface area (Å²) in [7, 11) is 1.61. The third-order valence-corrected chi connectivity index (χ3v) is 2.50. The average molecular weight is 268 g/mol. The summed E-state index contributed by atoms with van der Waals surface area (Å²) in [5.41, 5.74) is 5.57. The molecule has 7 heteroatoms. The zero-order valence-corrected chi connectivity index (χ0v) is 11.5. The molecule has 0 aliphatic rings. The Balaban J connectivity index is 3.02. The number of nitrogens with zero attached hydrogens (tertiary/aromatic N) is 3. The highest BCUT2D eigenvalue weighted by molar-refractivity contribution is 5.54. The van der Waals surface area contributed by atoms with Gasteiger partial charge in [0.05, 0.1) is 23.7 Å². The number of rotatable bonds is 7. The van der Waals surface area contributed by atoms with Crippen molar-refractivity contribution in [2.75, 3.05) is 37.4 Å². The standard InChI is InChI=1S/C12H20N4O3/c1-9(2)8-15(4-5-19-3)12-7-10(16(17)18)6-11(13)14-12/h6-7,9H,4-5,8H2,1-3H3,(H2,13,14). The van der Waals surface area contributed by atoms with Gasteiger partial charge in [0.2, 0.25) is 0 Å². The van der Waals surface area contributed by atoms with Crippen LogP contribution in [0.25, 0.3) is 0 Å². The second-order valence-electron chi connectivity index (χ2n) is 4.70. The van der Waals surface area contributed by atoms with Gasteiger partial charge in [-0.2, -0.15) is 0 Å². The molecule has 0 radical (unpaired) electrons. The SMILES string of the molecule is COCCN(CC(C)C)c1cc([N+](=O)[O-])cc(N)n1. The topological polar surface area (TPSA) is 94.5 Å². The van der Waals surface area contributed by atoms with E-state index in [1.54, 1.807) is 7.11 Å². The molecule has 0 saturated heterocycles. The van der Waals surface area contributed by atoms with Gasteiger partial charge in [-0.25, -0.2) is 4.98 Å². The summed E-state index contributed by atoms with van der Waals surface area (Å²) in [6.45, 7) is 6.01. The van der Waals surface area contributed by atoms with Crippen LogP contribution in [0.2, 0.25) is 0 Å². The first-order chi connectivity index (χ1) is 8.93. The highest BCUT2D eigenvalue weighted by Gasteiger charge is 2.15. The number of nitrogen functional groups attached to an aromatic ring is 1. The van der Waals surface area contributed by atoms with E-state index < -0.39 is 4.92 Å². The fourth-order valence-electron chi connectivity index (χ4n) is 1.73. The molecular weight excluding hydrogens is 248 g/mol. The molecule has 106 valence electrons. The largest absolute Gasteiger partial charge is 0.383 e. The Labute approximate surface area is 112 Å². The molecule has 1 aromatic heterocycles. The second kappa shape index (κ2) is 6.89. The average Bonchev–Trinajstić information content (AvgIpc) is 2.33. The van der Waals surface area contributed by atoms with Crippen molar-refractivity contribution in [3.05, 3.63) is 22.2 Å². The van der Waals surface area contributed by atoms with E-state index in [1.807, 2.05) is 4.90 Å². The predicted molar refractivity (Wildman–Crippen MR) is 74.2 cm³/mol. The van der Waals surface area contributed by atoms with Crippen LogP contribution in [0.15, 0.2) is 12.1 Å². The summed E-state index contributed by atoms with van der Waals surface area (Å²) < 4.78 is 5.05. The molecule has 7 nitrogen and oxygen atoms in total. The van der Waals surface area contributed by atoms with E-state index in [4.69, 9.17) is 10.5 Å². The monoisotopic (exact) mass is 268 g/mol. The lowest BCUT2D eigenvalue weighted by atomic mass is 10.2. The van der Waals surface area contributed by atoms with Crippen molar-refractivity contribution in [3.8, 4) is 0 Å². The van der Waals surface area contributed by atoms with Crippen molar-refractivity contribution in [2.45, 2.75) is 13.8 Å². The molecule has 19 heavy (non-hydrogen) atoms. The zero-order valence-electron chi connectivity index (χ0n) is 11.5. The molecule has 0 fully saturated rings. The van der Waals surface area contributed by atoms with E-state index in [0.717, 1.165) is 6.54 Å². The van der Waals surface area contributed by atoms with Crippen molar-refractivity contribution in [1.29, 1.82) is 0 Å². The molecule has 0 aromatic carbocycles. The lowest BCUT2D eigenvalue weighted by Gasteiger charge is -2.25. The van der Waals surface area contributed by atoms with E-state index in [1.165, 1.54) is 12.1 Å². The maximum Gasteiger partial charge on any atom is 0.276 e. The highest BCUT2D eigenvalue weighted by Crippen LogP contribution is 2.22. The number of methoxy groups -OCH3 is 1. The highest BCUT2D eigenvalue weighted by atomic mass is 16.6. The molecule has 1 rings (SSSR count).